The van der Waals surface area contributed by atoms with Crippen molar-refractivity contribution in [2.24, 2.45) is 0 Å². The van der Waals surface area contributed by atoms with Crippen LogP contribution in [0, 0.1) is 0 Å². The highest BCUT2D eigenvalue weighted by Crippen LogP contribution is 2.21. The fraction of sp³-hybridized carbons (Fsp3) is 0.364. The predicted octanol–water partition coefficient (Wildman–Crippen LogP) is 2.84. The van der Waals surface area contributed by atoms with Crippen molar-refractivity contribution < 1.29 is 9.53 Å². The lowest BCUT2D eigenvalue weighted by Crippen LogP contribution is -2.27. The largest absolute Gasteiger partial charge is 0.444 e. The molecule has 0 radical (unpaired) electrons. The third kappa shape index (κ3) is 2.98. The second kappa shape index (κ2) is 4.56. The molecule has 2 aromatic rings. The van der Waals surface area contributed by atoms with Crippen LogP contribution in [-0.4, -0.2) is 26.3 Å². The number of hydrogen-bond acceptors (Lipinski definition) is 4. The lowest BCUT2D eigenvalue weighted by atomic mass is 10.2. The molecular formula is C11H13BrN4O2. The van der Waals surface area contributed by atoms with Gasteiger partial charge in [-0.15, -0.1) is 10.2 Å². The van der Waals surface area contributed by atoms with Crippen molar-refractivity contribution in [3.8, 4) is 0 Å². The third-order valence-corrected chi connectivity index (χ3v) is 2.43. The zero-order valence-corrected chi connectivity index (χ0v) is 11.9. The number of amides is 1. The van der Waals surface area contributed by atoms with Gasteiger partial charge < -0.3 is 4.74 Å². The highest BCUT2D eigenvalue weighted by molar-refractivity contribution is 9.10. The van der Waals surface area contributed by atoms with Gasteiger partial charge in [-0.2, -0.15) is 0 Å². The molecule has 2 heterocycles. The minimum absolute atomic E-state index is 0.523. The molecule has 0 aliphatic carbocycles. The molecule has 1 amide bonds. The van der Waals surface area contributed by atoms with Crippen LogP contribution >= 0.6 is 15.9 Å². The van der Waals surface area contributed by atoms with E-state index in [2.05, 4.69) is 31.4 Å². The molecule has 0 fully saturated rings. The highest BCUT2D eigenvalue weighted by atomic mass is 79.9. The molecule has 0 spiro atoms. The lowest BCUT2D eigenvalue weighted by Gasteiger charge is -2.19. The van der Waals surface area contributed by atoms with Gasteiger partial charge in [-0.3, -0.25) is 9.72 Å². The first-order chi connectivity index (χ1) is 8.35. The predicted molar refractivity (Wildman–Crippen MR) is 70.5 cm³/mol. The fourth-order valence-electron chi connectivity index (χ4n) is 1.41. The number of ether oxygens (including phenoxy) is 1. The van der Waals surface area contributed by atoms with Crippen molar-refractivity contribution in [2.75, 3.05) is 5.32 Å². The number of anilines is 1. The molecule has 18 heavy (non-hydrogen) atoms. The molecule has 7 heteroatoms. The maximum atomic E-state index is 11.7. The number of fused-ring (bicyclic) bond motifs is 1. The summed E-state index contributed by atoms with van der Waals surface area (Å²) < 4.78 is 7.70. The number of rotatable bonds is 1. The Morgan fingerprint density at radius 3 is 2.89 bits per heavy atom. The summed E-state index contributed by atoms with van der Waals surface area (Å²) in [6, 6.07) is 1.74. The summed E-state index contributed by atoms with van der Waals surface area (Å²) in [5.41, 5.74) is 0.556. The number of aromatic nitrogens is 3. The number of carbonyl (C=O) groups is 1. The monoisotopic (exact) mass is 312 g/mol. The molecule has 96 valence electrons. The van der Waals surface area contributed by atoms with E-state index in [1.54, 1.807) is 43.8 Å². The average molecular weight is 313 g/mol. The minimum Gasteiger partial charge on any atom is -0.444 e. The Kier molecular flexibility index (Phi) is 3.25. The summed E-state index contributed by atoms with van der Waals surface area (Å²) in [5.74, 6) is 0. The van der Waals surface area contributed by atoms with Crippen LogP contribution in [0.2, 0.25) is 0 Å². The number of nitrogens with zero attached hydrogens (tertiary/aromatic N) is 3. The van der Waals surface area contributed by atoms with Crippen LogP contribution < -0.4 is 5.32 Å². The Labute approximate surface area is 112 Å². The van der Waals surface area contributed by atoms with Crippen molar-refractivity contribution >= 4 is 33.4 Å². The topological polar surface area (TPSA) is 68.5 Å². The van der Waals surface area contributed by atoms with Gasteiger partial charge in [-0.05, 0) is 42.8 Å². The number of carbonyl (C=O) groups excluding carboxylic acids is 1. The van der Waals surface area contributed by atoms with E-state index in [0.29, 0.717) is 11.3 Å². The average Bonchev–Trinajstić information content (AvgIpc) is 2.61. The second-order valence-electron chi connectivity index (χ2n) is 4.76. The van der Waals surface area contributed by atoms with Gasteiger partial charge >= 0.3 is 6.09 Å². The number of nitrogens with one attached hydrogen (secondary N) is 1. The molecule has 0 atom stereocenters. The van der Waals surface area contributed by atoms with E-state index in [9.17, 15) is 4.79 Å². The molecule has 0 aliphatic heterocycles. The molecular weight excluding hydrogens is 300 g/mol. The summed E-state index contributed by atoms with van der Waals surface area (Å²) in [5, 5.41) is 10.4. The van der Waals surface area contributed by atoms with Crippen LogP contribution in [-0.2, 0) is 4.74 Å². The summed E-state index contributed by atoms with van der Waals surface area (Å²) >= 11 is 3.35. The van der Waals surface area contributed by atoms with E-state index < -0.39 is 11.7 Å². The normalized spacial score (nSPS) is 11.6. The van der Waals surface area contributed by atoms with Gasteiger partial charge in [-0.1, -0.05) is 0 Å². The number of halogens is 1. The van der Waals surface area contributed by atoms with Crippen LogP contribution in [0.3, 0.4) is 0 Å². The van der Waals surface area contributed by atoms with Crippen LogP contribution in [0.1, 0.15) is 20.8 Å². The minimum atomic E-state index is -0.542. The third-order valence-electron chi connectivity index (χ3n) is 1.99. The van der Waals surface area contributed by atoms with Crippen molar-refractivity contribution in [1.82, 2.24) is 14.6 Å². The zero-order chi connectivity index (χ0) is 13.3. The van der Waals surface area contributed by atoms with Gasteiger partial charge in [0.1, 0.15) is 11.9 Å². The summed E-state index contributed by atoms with van der Waals surface area (Å²) in [6.07, 6.45) is 2.83. The maximum absolute atomic E-state index is 11.7. The standard InChI is InChI=1S/C11H13BrN4O2/c1-11(2,3)18-10(17)14-8-4-7(12)5-16-6-13-15-9(8)16/h4-6H,1-3H3,(H,14,17). The Morgan fingerprint density at radius 1 is 1.50 bits per heavy atom. The van der Waals surface area contributed by atoms with Crippen molar-refractivity contribution in [3.05, 3.63) is 23.1 Å². The van der Waals surface area contributed by atoms with Gasteiger partial charge in [0.2, 0.25) is 0 Å². The summed E-state index contributed by atoms with van der Waals surface area (Å²) in [6.45, 7) is 5.42. The zero-order valence-electron chi connectivity index (χ0n) is 10.3. The smallest absolute Gasteiger partial charge is 0.412 e. The maximum Gasteiger partial charge on any atom is 0.412 e. The first kappa shape index (κ1) is 12.8. The van der Waals surface area contributed by atoms with Crippen LogP contribution in [0.4, 0.5) is 10.5 Å². The van der Waals surface area contributed by atoms with E-state index >= 15 is 0 Å². The van der Waals surface area contributed by atoms with E-state index in [0.717, 1.165) is 4.47 Å². The van der Waals surface area contributed by atoms with Gasteiger partial charge in [0.25, 0.3) is 0 Å². The van der Waals surface area contributed by atoms with Crippen LogP contribution in [0.15, 0.2) is 23.1 Å². The molecule has 0 aliphatic rings. The Bertz CT molecular complexity index is 588. The highest BCUT2D eigenvalue weighted by Gasteiger charge is 2.17. The quantitative estimate of drug-likeness (QED) is 0.879. The molecule has 0 unspecified atom stereocenters. The van der Waals surface area contributed by atoms with Gasteiger partial charge in [0.15, 0.2) is 5.65 Å². The summed E-state index contributed by atoms with van der Waals surface area (Å²) in [7, 11) is 0. The first-order valence-corrected chi connectivity index (χ1v) is 6.13. The van der Waals surface area contributed by atoms with E-state index in [1.165, 1.54) is 0 Å². The van der Waals surface area contributed by atoms with E-state index in [4.69, 9.17) is 4.74 Å². The number of hydrogen-bond donors (Lipinski definition) is 1. The van der Waals surface area contributed by atoms with Crippen molar-refractivity contribution in [1.29, 1.82) is 0 Å². The molecule has 1 N–H and O–H groups in total. The van der Waals surface area contributed by atoms with Gasteiger partial charge in [-0.25, -0.2) is 4.79 Å². The van der Waals surface area contributed by atoms with E-state index in [1.807, 2.05) is 0 Å². The molecule has 2 aromatic heterocycles. The SMILES string of the molecule is CC(C)(C)OC(=O)Nc1cc(Br)cn2cnnc12. The number of pyridine rings is 1. The van der Waals surface area contributed by atoms with Gasteiger partial charge in [0.05, 0.1) is 5.69 Å². The lowest BCUT2D eigenvalue weighted by molar-refractivity contribution is 0.0636. The van der Waals surface area contributed by atoms with Crippen LogP contribution in [0.25, 0.3) is 5.65 Å². The fourth-order valence-corrected chi connectivity index (χ4v) is 1.86. The second-order valence-corrected chi connectivity index (χ2v) is 5.68. The molecule has 0 saturated heterocycles. The molecule has 6 nitrogen and oxygen atoms in total. The molecule has 0 bridgehead atoms. The Hall–Kier alpha value is -1.63. The molecule has 0 aromatic carbocycles. The van der Waals surface area contributed by atoms with Crippen molar-refractivity contribution in [2.45, 2.75) is 26.4 Å². The van der Waals surface area contributed by atoms with Crippen LogP contribution in [0.5, 0.6) is 0 Å². The molecule has 2 rings (SSSR count). The first-order valence-electron chi connectivity index (χ1n) is 5.34. The Balaban J connectivity index is 2.26. The summed E-state index contributed by atoms with van der Waals surface area (Å²) in [4.78, 5) is 11.7. The van der Waals surface area contributed by atoms with E-state index in [-0.39, 0.29) is 0 Å². The van der Waals surface area contributed by atoms with Crippen molar-refractivity contribution in [3.63, 3.8) is 0 Å². The Morgan fingerprint density at radius 2 is 2.22 bits per heavy atom. The van der Waals surface area contributed by atoms with Gasteiger partial charge in [0, 0.05) is 10.7 Å². The molecule has 0 saturated carbocycles.